The van der Waals surface area contributed by atoms with Crippen LogP contribution in [0.1, 0.15) is 12.5 Å². The zero-order valence-electron chi connectivity index (χ0n) is 8.32. The SMILES string of the molecule is CNC(C)(c1ccc(F)c(F)c1)C(F)F. The Hall–Kier alpha value is -1.10. The molecule has 0 radical (unpaired) electrons. The van der Waals surface area contributed by atoms with E-state index in [0.717, 1.165) is 18.2 Å². The highest BCUT2D eigenvalue weighted by molar-refractivity contribution is 5.26. The van der Waals surface area contributed by atoms with E-state index < -0.39 is 23.6 Å². The number of rotatable bonds is 3. The van der Waals surface area contributed by atoms with E-state index in [4.69, 9.17) is 0 Å². The molecule has 1 aromatic carbocycles. The molecule has 1 rings (SSSR count). The van der Waals surface area contributed by atoms with Crippen molar-refractivity contribution in [2.75, 3.05) is 7.05 Å². The Morgan fingerprint density at radius 2 is 1.80 bits per heavy atom. The second-order valence-corrected chi connectivity index (χ2v) is 3.38. The highest BCUT2D eigenvalue weighted by atomic mass is 19.3. The van der Waals surface area contributed by atoms with Crippen molar-refractivity contribution in [3.8, 4) is 0 Å². The molecule has 1 N–H and O–H groups in total. The van der Waals surface area contributed by atoms with E-state index in [-0.39, 0.29) is 5.56 Å². The number of nitrogens with one attached hydrogen (secondary N) is 1. The lowest BCUT2D eigenvalue weighted by molar-refractivity contribution is 0.0429. The second kappa shape index (κ2) is 4.18. The molecule has 0 saturated carbocycles. The summed E-state index contributed by atoms with van der Waals surface area (Å²) in [6.07, 6.45) is -2.72. The molecular formula is C10H11F4N. The smallest absolute Gasteiger partial charge is 0.260 e. The fourth-order valence-corrected chi connectivity index (χ4v) is 1.20. The molecule has 0 fully saturated rings. The second-order valence-electron chi connectivity index (χ2n) is 3.38. The summed E-state index contributed by atoms with van der Waals surface area (Å²) in [6.45, 7) is 1.23. The maximum absolute atomic E-state index is 12.9. The summed E-state index contributed by atoms with van der Waals surface area (Å²) in [5, 5.41) is 2.40. The van der Waals surface area contributed by atoms with Crippen LogP contribution >= 0.6 is 0 Å². The lowest BCUT2D eigenvalue weighted by Crippen LogP contribution is -2.43. The van der Waals surface area contributed by atoms with Crippen LogP contribution in [0.2, 0.25) is 0 Å². The predicted octanol–water partition coefficient (Wildman–Crippen LogP) is 2.66. The van der Waals surface area contributed by atoms with Gasteiger partial charge in [0.25, 0.3) is 6.43 Å². The first-order chi connectivity index (χ1) is 6.91. The van der Waals surface area contributed by atoms with Crippen molar-refractivity contribution in [2.45, 2.75) is 18.9 Å². The molecule has 0 aliphatic heterocycles. The minimum Gasteiger partial charge on any atom is -0.306 e. The Balaban J connectivity index is 3.19. The van der Waals surface area contributed by atoms with Gasteiger partial charge >= 0.3 is 0 Å². The Labute approximate surface area is 85.1 Å². The summed E-state index contributed by atoms with van der Waals surface area (Å²) in [5.74, 6) is -2.18. The lowest BCUT2D eigenvalue weighted by atomic mass is 9.92. The van der Waals surface area contributed by atoms with Crippen LogP contribution in [0.4, 0.5) is 17.6 Å². The van der Waals surface area contributed by atoms with Gasteiger partial charge in [0.05, 0.1) is 0 Å². The zero-order valence-corrected chi connectivity index (χ0v) is 8.32. The molecule has 0 aliphatic carbocycles. The van der Waals surface area contributed by atoms with E-state index >= 15 is 0 Å². The first-order valence-electron chi connectivity index (χ1n) is 4.34. The zero-order chi connectivity index (χ0) is 11.6. The molecule has 0 bridgehead atoms. The van der Waals surface area contributed by atoms with Crippen molar-refractivity contribution in [2.24, 2.45) is 0 Å². The molecule has 15 heavy (non-hydrogen) atoms. The van der Waals surface area contributed by atoms with Crippen molar-refractivity contribution in [3.05, 3.63) is 35.4 Å². The maximum Gasteiger partial charge on any atom is 0.260 e. The molecule has 84 valence electrons. The minimum absolute atomic E-state index is 0.0129. The van der Waals surface area contributed by atoms with E-state index in [0.29, 0.717) is 0 Å². The molecule has 0 spiro atoms. The van der Waals surface area contributed by atoms with Gasteiger partial charge in [0.15, 0.2) is 11.6 Å². The van der Waals surface area contributed by atoms with Gasteiger partial charge in [-0.25, -0.2) is 17.6 Å². The summed E-state index contributed by atoms with van der Waals surface area (Å²) < 4.78 is 50.9. The van der Waals surface area contributed by atoms with Crippen LogP contribution in [-0.2, 0) is 5.54 Å². The normalized spacial score (nSPS) is 15.4. The van der Waals surface area contributed by atoms with Gasteiger partial charge in [0.2, 0.25) is 0 Å². The summed E-state index contributed by atoms with van der Waals surface area (Å²) in [5.41, 5.74) is -1.66. The van der Waals surface area contributed by atoms with Gasteiger partial charge < -0.3 is 5.32 Å². The molecule has 0 amide bonds. The fraction of sp³-hybridized carbons (Fsp3) is 0.400. The first kappa shape index (κ1) is 12.0. The summed E-state index contributed by atoms with van der Waals surface area (Å²) in [4.78, 5) is 0. The Kier molecular flexibility index (Phi) is 3.34. The van der Waals surface area contributed by atoms with Crippen LogP contribution in [-0.4, -0.2) is 13.5 Å². The first-order valence-corrected chi connectivity index (χ1v) is 4.34. The summed E-state index contributed by atoms with van der Waals surface area (Å²) in [6, 6.07) is 2.75. The van der Waals surface area contributed by atoms with E-state index in [9.17, 15) is 17.6 Å². The maximum atomic E-state index is 12.9. The molecule has 0 aromatic heterocycles. The Morgan fingerprint density at radius 1 is 1.20 bits per heavy atom. The summed E-state index contributed by atoms with van der Waals surface area (Å²) >= 11 is 0. The van der Waals surface area contributed by atoms with E-state index in [1.54, 1.807) is 0 Å². The van der Waals surface area contributed by atoms with Gasteiger partial charge in [-0.15, -0.1) is 0 Å². The van der Waals surface area contributed by atoms with Crippen molar-refractivity contribution < 1.29 is 17.6 Å². The van der Waals surface area contributed by atoms with Gasteiger partial charge in [-0.2, -0.15) is 0 Å². The Bertz CT molecular complexity index is 353. The van der Waals surface area contributed by atoms with Gasteiger partial charge in [0, 0.05) is 0 Å². The van der Waals surface area contributed by atoms with Crippen molar-refractivity contribution >= 4 is 0 Å². The molecule has 1 aromatic rings. The standard InChI is InChI=1S/C10H11F4N/c1-10(15-2,9(13)14)6-3-4-7(11)8(12)5-6/h3-5,9,15H,1-2H3. The molecule has 0 aliphatic rings. The van der Waals surface area contributed by atoms with E-state index in [1.165, 1.54) is 14.0 Å². The molecule has 0 heterocycles. The van der Waals surface area contributed by atoms with Crippen LogP contribution in [0, 0.1) is 11.6 Å². The number of benzene rings is 1. The highest BCUT2D eigenvalue weighted by Crippen LogP contribution is 2.28. The minimum atomic E-state index is -2.72. The number of halogens is 4. The molecule has 1 atom stereocenters. The van der Waals surface area contributed by atoms with Crippen LogP contribution < -0.4 is 5.32 Å². The predicted molar refractivity (Wildman–Crippen MR) is 48.8 cm³/mol. The number of alkyl halides is 2. The highest BCUT2D eigenvalue weighted by Gasteiger charge is 2.35. The average molecular weight is 221 g/mol. The van der Waals surface area contributed by atoms with Gasteiger partial charge in [0.1, 0.15) is 5.54 Å². The van der Waals surface area contributed by atoms with Crippen LogP contribution in [0.3, 0.4) is 0 Å². The number of hydrogen-bond acceptors (Lipinski definition) is 1. The quantitative estimate of drug-likeness (QED) is 0.774. The van der Waals surface area contributed by atoms with Crippen molar-refractivity contribution in [1.29, 1.82) is 0 Å². The van der Waals surface area contributed by atoms with Crippen LogP contribution in [0.5, 0.6) is 0 Å². The van der Waals surface area contributed by atoms with Gasteiger partial charge in [-0.05, 0) is 31.7 Å². The Morgan fingerprint density at radius 3 is 2.20 bits per heavy atom. The molecule has 5 heteroatoms. The molecule has 0 saturated heterocycles. The van der Waals surface area contributed by atoms with Gasteiger partial charge in [-0.1, -0.05) is 6.07 Å². The molecule has 1 nitrogen and oxygen atoms in total. The topological polar surface area (TPSA) is 12.0 Å². The lowest BCUT2D eigenvalue weighted by Gasteiger charge is -2.28. The molecule has 1 unspecified atom stereocenters. The monoisotopic (exact) mass is 221 g/mol. The third kappa shape index (κ3) is 2.12. The third-order valence-electron chi connectivity index (χ3n) is 2.48. The third-order valence-corrected chi connectivity index (χ3v) is 2.48. The molecular weight excluding hydrogens is 210 g/mol. The summed E-state index contributed by atoms with van der Waals surface area (Å²) in [7, 11) is 1.34. The van der Waals surface area contributed by atoms with Gasteiger partial charge in [-0.3, -0.25) is 0 Å². The van der Waals surface area contributed by atoms with E-state index in [1.807, 2.05) is 0 Å². The fourth-order valence-electron chi connectivity index (χ4n) is 1.20. The van der Waals surface area contributed by atoms with Crippen LogP contribution in [0.15, 0.2) is 18.2 Å². The van der Waals surface area contributed by atoms with Crippen molar-refractivity contribution in [3.63, 3.8) is 0 Å². The van der Waals surface area contributed by atoms with Crippen LogP contribution in [0.25, 0.3) is 0 Å². The number of hydrogen-bond donors (Lipinski definition) is 1. The van der Waals surface area contributed by atoms with E-state index in [2.05, 4.69) is 5.32 Å². The average Bonchev–Trinajstić information content (AvgIpc) is 2.20. The largest absolute Gasteiger partial charge is 0.306 e. The van der Waals surface area contributed by atoms with Crippen molar-refractivity contribution in [1.82, 2.24) is 5.32 Å².